The van der Waals surface area contributed by atoms with Crippen LogP contribution in [0.2, 0.25) is 0 Å². The molecule has 1 fully saturated rings. The van der Waals surface area contributed by atoms with E-state index < -0.39 is 54.2 Å². The van der Waals surface area contributed by atoms with Crippen LogP contribution in [0.4, 0.5) is 0 Å². The van der Waals surface area contributed by atoms with Crippen molar-refractivity contribution in [3.05, 3.63) is 101 Å². The molecule has 4 aromatic rings. The SMILES string of the molecule is CC(=O)OC(=O)[C@H](Cc1c[nH]c2ccccc12)N[C@H](C(=O)N1CCC[C@H]1[C@H](O)[C@@H](O)[C@H](Cc1ccccc1)NC(=O)COc1c(C)cccc1C)C(C)C. The topological polar surface area (TPSA) is 170 Å². The number of fused-ring (bicyclic) bond motifs is 1. The number of benzene rings is 3. The summed E-state index contributed by atoms with van der Waals surface area (Å²) >= 11 is 0. The zero-order chi connectivity index (χ0) is 38.9. The lowest BCUT2D eigenvalue weighted by molar-refractivity contribution is -0.160. The molecule has 3 aromatic carbocycles. The third-order valence-corrected chi connectivity index (χ3v) is 10.1. The molecule has 0 bridgehead atoms. The number of aryl methyl sites for hydroxylation is 2. The number of H-pyrrole nitrogens is 1. The number of nitrogens with zero attached hydrogens (tertiary/aromatic N) is 1. The number of hydrogen-bond acceptors (Lipinski definition) is 9. The molecule has 5 rings (SSSR count). The predicted molar refractivity (Wildman–Crippen MR) is 205 cm³/mol. The van der Waals surface area contributed by atoms with Gasteiger partial charge in [-0.25, -0.2) is 4.79 Å². The maximum Gasteiger partial charge on any atom is 0.331 e. The number of aliphatic hydroxyl groups excluding tert-OH is 2. The van der Waals surface area contributed by atoms with E-state index in [0.29, 0.717) is 25.1 Å². The summed E-state index contributed by atoms with van der Waals surface area (Å²) in [5.74, 6) is -2.08. The molecule has 1 saturated heterocycles. The van der Waals surface area contributed by atoms with Crippen molar-refractivity contribution in [1.29, 1.82) is 0 Å². The third-order valence-electron chi connectivity index (χ3n) is 10.1. The van der Waals surface area contributed by atoms with Gasteiger partial charge in [0.2, 0.25) is 5.91 Å². The van der Waals surface area contributed by atoms with Crippen LogP contribution in [0.15, 0.2) is 79.0 Å². The fourth-order valence-corrected chi connectivity index (χ4v) is 7.31. The predicted octanol–water partition coefficient (Wildman–Crippen LogP) is 3.92. The Bertz CT molecular complexity index is 1890. The number of likely N-dealkylation sites (tertiary alicyclic amines) is 1. The van der Waals surface area contributed by atoms with Crippen LogP contribution < -0.4 is 15.4 Å². The second kappa shape index (κ2) is 18.3. The normalized spacial score (nSPS) is 17.1. The molecule has 0 aliphatic carbocycles. The molecule has 2 amide bonds. The van der Waals surface area contributed by atoms with E-state index in [4.69, 9.17) is 9.47 Å². The van der Waals surface area contributed by atoms with Gasteiger partial charge in [0.05, 0.1) is 18.1 Å². The standard InChI is InChI=1S/C42H52N4O8/c1-25(2)37(45-34(42(52)54-28(5)47)22-30-23-43-32-18-10-9-17-31(30)32)41(51)46-20-12-19-35(46)39(50)38(49)33(21-29-15-7-6-8-16-29)44-36(48)24-53-40-26(3)13-11-14-27(40)4/h6-11,13-18,23,25,33-35,37-39,43,45,49-50H,12,19-22,24H2,1-5H3,(H,44,48)/t33-,34-,35-,37-,38-,39-/m0/s1. The highest BCUT2D eigenvalue weighted by Gasteiger charge is 2.43. The molecule has 5 N–H and O–H groups in total. The van der Waals surface area contributed by atoms with Crippen LogP contribution in [0, 0.1) is 19.8 Å². The highest BCUT2D eigenvalue weighted by atomic mass is 16.6. The van der Waals surface area contributed by atoms with Gasteiger partial charge in [-0.1, -0.05) is 80.6 Å². The zero-order valence-corrected chi connectivity index (χ0v) is 31.6. The Balaban J connectivity index is 1.33. The molecule has 54 heavy (non-hydrogen) atoms. The number of aromatic nitrogens is 1. The number of ether oxygens (including phenoxy) is 2. The van der Waals surface area contributed by atoms with E-state index in [2.05, 4.69) is 15.6 Å². The quantitative estimate of drug-likeness (QED) is 0.0845. The van der Waals surface area contributed by atoms with Crippen LogP contribution in [0.5, 0.6) is 5.75 Å². The first kappa shape index (κ1) is 40.2. The van der Waals surface area contributed by atoms with Gasteiger partial charge in [-0.2, -0.15) is 0 Å². The fourth-order valence-electron chi connectivity index (χ4n) is 7.31. The van der Waals surface area contributed by atoms with E-state index in [-0.39, 0.29) is 31.3 Å². The number of carbonyl (C=O) groups is 4. The lowest BCUT2D eigenvalue weighted by Gasteiger charge is -2.37. The van der Waals surface area contributed by atoms with E-state index in [9.17, 15) is 29.4 Å². The Morgan fingerprint density at radius 2 is 1.61 bits per heavy atom. The van der Waals surface area contributed by atoms with Crippen molar-refractivity contribution in [3.63, 3.8) is 0 Å². The van der Waals surface area contributed by atoms with Crippen molar-refractivity contribution in [1.82, 2.24) is 20.5 Å². The molecule has 0 unspecified atom stereocenters. The van der Waals surface area contributed by atoms with Crippen molar-refractivity contribution in [3.8, 4) is 5.75 Å². The Labute approximate surface area is 316 Å². The molecular weight excluding hydrogens is 688 g/mol. The van der Waals surface area contributed by atoms with Crippen LogP contribution in [-0.4, -0.2) is 93.4 Å². The monoisotopic (exact) mass is 740 g/mol. The molecule has 1 aromatic heterocycles. The fraction of sp³-hybridized carbons (Fsp3) is 0.429. The Morgan fingerprint density at radius 1 is 0.926 bits per heavy atom. The van der Waals surface area contributed by atoms with E-state index in [0.717, 1.165) is 40.1 Å². The summed E-state index contributed by atoms with van der Waals surface area (Å²) in [7, 11) is 0. The maximum absolute atomic E-state index is 14.4. The van der Waals surface area contributed by atoms with Crippen molar-refractivity contribution in [2.24, 2.45) is 5.92 Å². The number of nitrogens with one attached hydrogen (secondary N) is 3. The molecule has 6 atom stereocenters. The molecule has 2 heterocycles. The molecule has 288 valence electrons. The lowest BCUT2D eigenvalue weighted by atomic mass is 9.92. The number of hydrogen-bond donors (Lipinski definition) is 5. The molecule has 1 aliphatic rings. The van der Waals surface area contributed by atoms with Gasteiger partial charge in [-0.3, -0.25) is 19.7 Å². The average molecular weight is 741 g/mol. The molecule has 12 heteroatoms. The Hall–Kier alpha value is -5.04. The van der Waals surface area contributed by atoms with Gasteiger partial charge in [0.25, 0.3) is 5.91 Å². The minimum atomic E-state index is -1.45. The van der Waals surface area contributed by atoms with Gasteiger partial charge >= 0.3 is 11.9 Å². The Kier molecular flexibility index (Phi) is 13.6. The number of para-hydroxylation sites is 2. The van der Waals surface area contributed by atoms with Gasteiger partial charge in [-0.05, 0) is 67.3 Å². The minimum absolute atomic E-state index is 0.144. The summed E-state index contributed by atoms with van der Waals surface area (Å²) in [6.07, 6.45) is 0.295. The molecule has 0 radical (unpaired) electrons. The summed E-state index contributed by atoms with van der Waals surface area (Å²) in [4.78, 5) is 57.6. The largest absolute Gasteiger partial charge is 0.483 e. The summed E-state index contributed by atoms with van der Waals surface area (Å²) in [6, 6.07) is 19.0. The van der Waals surface area contributed by atoms with Crippen LogP contribution in [-0.2, 0) is 36.8 Å². The summed E-state index contributed by atoms with van der Waals surface area (Å²) in [5, 5.41) is 30.5. The van der Waals surface area contributed by atoms with Gasteiger partial charge in [0.15, 0.2) is 6.61 Å². The van der Waals surface area contributed by atoms with Gasteiger partial charge in [-0.15, -0.1) is 0 Å². The molecule has 0 spiro atoms. The van der Waals surface area contributed by atoms with E-state index in [1.807, 2.05) is 100 Å². The van der Waals surface area contributed by atoms with Crippen molar-refractivity contribution in [2.75, 3.05) is 13.2 Å². The molecule has 12 nitrogen and oxygen atoms in total. The number of esters is 2. The van der Waals surface area contributed by atoms with Crippen molar-refractivity contribution in [2.45, 2.75) is 96.7 Å². The number of amides is 2. The summed E-state index contributed by atoms with van der Waals surface area (Å²) < 4.78 is 10.9. The summed E-state index contributed by atoms with van der Waals surface area (Å²) in [6.45, 7) is 8.67. The number of aromatic amines is 1. The lowest BCUT2D eigenvalue weighted by Crippen LogP contribution is -2.60. The van der Waals surface area contributed by atoms with Crippen molar-refractivity contribution < 1.29 is 38.9 Å². The number of carbonyl (C=O) groups excluding carboxylic acids is 4. The van der Waals surface area contributed by atoms with E-state index in [1.54, 1.807) is 11.1 Å². The summed E-state index contributed by atoms with van der Waals surface area (Å²) in [5.41, 5.74) is 4.30. The highest BCUT2D eigenvalue weighted by molar-refractivity contribution is 5.90. The first-order valence-corrected chi connectivity index (χ1v) is 18.6. The molecule has 0 saturated carbocycles. The maximum atomic E-state index is 14.4. The minimum Gasteiger partial charge on any atom is -0.483 e. The van der Waals surface area contributed by atoms with Gasteiger partial charge < -0.3 is 34.9 Å². The van der Waals surface area contributed by atoms with Crippen LogP contribution in [0.1, 0.15) is 55.9 Å². The first-order valence-electron chi connectivity index (χ1n) is 18.6. The zero-order valence-electron chi connectivity index (χ0n) is 31.6. The average Bonchev–Trinajstić information content (AvgIpc) is 3.80. The Morgan fingerprint density at radius 3 is 2.30 bits per heavy atom. The molecule has 1 aliphatic heterocycles. The van der Waals surface area contributed by atoms with Gasteiger partial charge in [0, 0.05) is 37.0 Å². The van der Waals surface area contributed by atoms with Gasteiger partial charge in [0.1, 0.15) is 24.0 Å². The second-order valence-electron chi connectivity index (χ2n) is 14.5. The van der Waals surface area contributed by atoms with Crippen LogP contribution in [0.25, 0.3) is 10.9 Å². The first-order chi connectivity index (χ1) is 25.8. The third kappa shape index (κ3) is 9.93. The highest BCUT2D eigenvalue weighted by Crippen LogP contribution is 2.27. The smallest absolute Gasteiger partial charge is 0.331 e. The number of aliphatic hydroxyl groups is 2. The van der Waals surface area contributed by atoms with E-state index >= 15 is 0 Å². The van der Waals surface area contributed by atoms with E-state index in [1.165, 1.54) is 0 Å². The van der Waals surface area contributed by atoms with Crippen molar-refractivity contribution >= 4 is 34.7 Å². The van der Waals surface area contributed by atoms with Crippen LogP contribution in [0.3, 0.4) is 0 Å². The van der Waals surface area contributed by atoms with Crippen LogP contribution >= 0.6 is 0 Å². The second-order valence-corrected chi connectivity index (χ2v) is 14.5. The number of rotatable bonds is 16. The molecular formula is C42H52N4O8.